The Hall–Kier alpha value is -0.0379. The molecule has 0 saturated carbocycles. The first-order valence-corrected chi connectivity index (χ1v) is 4.65. The van der Waals surface area contributed by atoms with Crippen LogP contribution in [0.15, 0.2) is 35.2 Å². The van der Waals surface area contributed by atoms with Gasteiger partial charge in [0, 0.05) is 16.6 Å². The quantitative estimate of drug-likeness (QED) is 0.561. The topological polar surface area (TPSA) is 40.1 Å². The van der Waals surface area contributed by atoms with Crippen molar-refractivity contribution in [1.82, 2.24) is 0 Å². The molecule has 0 fully saturated rings. The number of hydrogen-bond donors (Lipinski definition) is 0. The fourth-order valence-electron chi connectivity index (χ4n) is 0.769. The number of carbonyl (C=O) groups is 1. The molecule has 0 unspecified atom stereocenters. The predicted octanol–water partition coefficient (Wildman–Crippen LogP) is 0.538. The first-order chi connectivity index (χ1) is 5.79. The van der Waals surface area contributed by atoms with Gasteiger partial charge in [0.1, 0.15) is 0 Å². The Morgan fingerprint density at radius 3 is 2.46 bits per heavy atom. The Kier molecular flexibility index (Phi) is 7.35. The zero-order valence-electron chi connectivity index (χ0n) is 7.10. The van der Waals surface area contributed by atoms with E-state index in [1.165, 1.54) is 11.8 Å². The number of carboxylic acids is 1. The van der Waals surface area contributed by atoms with Crippen molar-refractivity contribution in [2.24, 2.45) is 0 Å². The molecule has 0 N–H and O–H groups in total. The zero-order valence-corrected chi connectivity index (χ0v) is 12.4. The SMILES string of the molecule is O=C([O-])CCSc1ccccc1.[Tl+]. The molecule has 0 aliphatic heterocycles. The Bertz CT molecular complexity index is 251. The molecule has 0 aliphatic carbocycles. The van der Waals surface area contributed by atoms with Crippen LogP contribution in [0.3, 0.4) is 0 Å². The van der Waals surface area contributed by atoms with Gasteiger partial charge in [0.05, 0.1) is 0 Å². The third-order valence-electron chi connectivity index (χ3n) is 1.32. The van der Waals surface area contributed by atoms with Gasteiger partial charge in [-0.15, -0.1) is 11.8 Å². The van der Waals surface area contributed by atoms with E-state index in [1.54, 1.807) is 0 Å². The number of carbonyl (C=O) groups excluding carboxylic acids is 1. The minimum absolute atomic E-state index is 0. The van der Waals surface area contributed by atoms with Crippen LogP contribution in [0.4, 0.5) is 0 Å². The summed E-state index contributed by atoms with van der Waals surface area (Å²) in [4.78, 5) is 11.2. The molecule has 0 spiro atoms. The standard InChI is InChI=1S/C9H10O2S.Tl/c10-9(11)6-7-12-8-4-2-1-3-5-8;/h1-5H,6-7H2,(H,10,11);/q;+1/p-1. The van der Waals surface area contributed by atoms with Crippen LogP contribution in [0, 0.1) is 0 Å². The summed E-state index contributed by atoms with van der Waals surface area (Å²) in [5, 5.41) is 10.1. The average Bonchev–Trinajstić information content (AvgIpc) is 2.05. The van der Waals surface area contributed by atoms with E-state index in [-0.39, 0.29) is 33.7 Å². The Balaban J connectivity index is 0.00000144. The van der Waals surface area contributed by atoms with Crippen molar-refractivity contribution in [3.63, 3.8) is 0 Å². The molecular formula is C9H9O2STl. The fraction of sp³-hybridized carbons (Fsp3) is 0.222. The molecule has 13 heavy (non-hydrogen) atoms. The van der Waals surface area contributed by atoms with Crippen molar-refractivity contribution in [3.8, 4) is 0 Å². The van der Waals surface area contributed by atoms with E-state index in [4.69, 9.17) is 0 Å². The van der Waals surface area contributed by atoms with E-state index in [0.717, 1.165) is 4.90 Å². The normalized spacial score (nSPS) is 8.92. The number of rotatable bonds is 4. The van der Waals surface area contributed by atoms with Crippen molar-refractivity contribution in [3.05, 3.63) is 30.3 Å². The van der Waals surface area contributed by atoms with Crippen molar-refractivity contribution in [2.45, 2.75) is 11.3 Å². The number of aliphatic carboxylic acids is 1. The molecule has 0 atom stereocenters. The van der Waals surface area contributed by atoms with Crippen LogP contribution in [-0.4, -0.2) is 39.0 Å². The molecule has 0 bridgehead atoms. The molecule has 0 heterocycles. The molecule has 66 valence electrons. The maximum absolute atomic E-state index is 10.1. The van der Waals surface area contributed by atoms with Gasteiger partial charge in [0.15, 0.2) is 0 Å². The van der Waals surface area contributed by atoms with Gasteiger partial charge in [-0.05, 0) is 18.6 Å². The molecule has 1 aromatic rings. The Morgan fingerprint density at radius 1 is 1.31 bits per heavy atom. The summed E-state index contributed by atoms with van der Waals surface area (Å²) >= 11 is 1.53. The fourth-order valence-corrected chi connectivity index (χ4v) is 1.62. The third-order valence-corrected chi connectivity index (χ3v) is 2.33. The van der Waals surface area contributed by atoms with Crippen LogP contribution in [0.1, 0.15) is 6.42 Å². The second-order valence-corrected chi connectivity index (χ2v) is 3.45. The predicted molar refractivity (Wildman–Crippen MR) is 52.5 cm³/mol. The smallest absolute Gasteiger partial charge is 0.550 e. The van der Waals surface area contributed by atoms with Crippen LogP contribution in [0.2, 0.25) is 0 Å². The molecular weight excluding hydrogens is 377 g/mol. The minimum atomic E-state index is -0.988. The molecule has 4 heteroatoms. The summed E-state index contributed by atoms with van der Waals surface area (Å²) in [6.45, 7) is 0. The van der Waals surface area contributed by atoms with E-state index < -0.39 is 5.97 Å². The third kappa shape index (κ3) is 6.09. The van der Waals surface area contributed by atoms with E-state index in [1.807, 2.05) is 30.3 Å². The molecule has 0 aromatic heterocycles. The van der Waals surface area contributed by atoms with Gasteiger partial charge in [-0.25, -0.2) is 0 Å². The van der Waals surface area contributed by atoms with Crippen molar-refractivity contribution >= 4 is 45.0 Å². The molecule has 0 radical (unpaired) electrons. The summed E-state index contributed by atoms with van der Waals surface area (Å²) in [6, 6.07) is 9.71. The number of thioether (sulfide) groups is 1. The van der Waals surface area contributed by atoms with E-state index in [2.05, 4.69) is 0 Å². The maximum Gasteiger partial charge on any atom is 1.00 e. The van der Waals surface area contributed by atoms with Gasteiger partial charge in [-0.1, -0.05) is 18.2 Å². The Morgan fingerprint density at radius 2 is 1.92 bits per heavy atom. The van der Waals surface area contributed by atoms with Gasteiger partial charge in [0.25, 0.3) is 0 Å². The molecule has 0 amide bonds. The summed E-state index contributed by atoms with van der Waals surface area (Å²) < 4.78 is 0. The van der Waals surface area contributed by atoms with Crippen molar-refractivity contribution in [2.75, 3.05) is 5.75 Å². The number of benzene rings is 1. The maximum atomic E-state index is 10.1. The minimum Gasteiger partial charge on any atom is -0.550 e. The largest absolute Gasteiger partial charge is 1.00 e. The molecule has 0 aliphatic rings. The zero-order chi connectivity index (χ0) is 8.81. The van der Waals surface area contributed by atoms with E-state index in [0.29, 0.717) is 5.75 Å². The molecule has 0 saturated heterocycles. The Labute approximate surface area is 102 Å². The molecule has 1 rings (SSSR count). The monoisotopic (exact) mass is 386 g/mol. The number of hydrogen-bond acceptors (Lipinski definition) is 3. The van der Waals surface area contributed by atoms with Crippen LogP contribution >= 0.6 is 11.8 Å². The van der Waals surface area contributed by atoms with Gasteiger partial charge >= 0.3 is 27.3 Å². The molecule has 1 aromatic carbocycles. The van der Waals surface area contributed by atoms with Crippen molar-refractivity contribution in [1.29, 1.82) is 0 Å². The van der Waals surface area contributed by atoms with Crippen molar-refractivity contribution < 1.29 is 9.90 Å². The van der Waals surface area contributed by atoms with Gasteiger partial charge < -0.3 is 9.90 Å². The van der Waals surface area contributed by atoms with Gasteiger partial charge in [0.2, 0.25) is 0 Å². The van der Waals surface area contributed by atoms with Crippen LogP contribution in [0.5, 0.6) is 0 Å². The van der Waals surface area contributed by atoms with Crippen LogP contribution < -0.4 is 5.11 Å². The summed E-state index contributed by atoms with van der Waals surface area (Å²) in [7, 11) is 0. The van der Waals surface area contributed by atoms with Gasteiger partial charge in [-0.3, -0.25) is 0 Å². The van der Waals surface area contributed by atoms with E-state index >= 15 is 0 Å². The van der Waals surface area contributed by atoms with Crippen LogP contribution in [-0.2, 0) is 4.79 Å². The van der Waals surface area contributed by atoms with E-state index in [9.17, 15) is 9.90 Å². The second kappa shape index (κ2) is 7.37. The van der Waals surface area contributed by atoms with Crippen LogP contribution in [0.25, 0.3) is 0 Å². The first kappa shape index (κ1) is 13.0. The van der Waals surface area contributed by atoms with Gasteiger partial charge in [-0.2, -0.15) is 0 Å². The summed E-state index contributed by atoms with van der Waals surface area (Å²) in [5.74, 6) is -0.412. The first-order valence-electron chi connectivity index (χ1n) is 3.67. The second-order valence-electron chi connectivity index (χ2n) is 2.28. The average molecular weight is 386 g/mol. The summed E-state index contributed by atoms with van der Waals surface area (Å²) in [5.41, 5.74) is 0. The number of carboxylic acid groups (broad SMARTS) is 1. The summed E-state index contributed by atoms with van der Waals surface area (Å²) in [6.07, 6.45) is 0.111. The molecule has 2 nitrogen and oxygen atoms in total.